The van der Waals surface area contributed by atoms with Crippen molar-refractivity contribution in [3.05, 3.63) is 0 Å². The molecule has 2 heterocycles. The first-order valence-corrected chi connectivity index (χ1v) is 6.56. The fraction of sp³-hybridized carbons (Fsp3) is 0.800. The molecule has 0 saturated carbocycles. The molecule has 2 aliphatic heterocycles. The number of hydrogen-bond acceptors (Lipinski definition) is 4. The van der Waals surface area contributed by atoms with Crippen LogP contribution in [0, 0.1) is 0 Å². The first-order valence-electron chi connectivity index (χ1n) is 5.51. The molecule has 6 heteroatoms. The van der Waals surface area contributed by atoms with Gasteiger partial charge < -0.3 is 15.3 Å². The molecule has 0 aliphatic carbocycles. The van der Waals surface area contributed by atoms with Gasteiger partial charge >= 0.3 is 5.97 Å². The zero-order valence-electron chi connectivity index (χ0n) is 9.18. The molecule has 2 saturated heterocycles. The predicted octanol–water partition coefficient (Wildman–Crippen LogP) is 0.113. The minimum atomic E-state index is -0.900. The number of carbonyl (C=O) groups is 2. The van der Waals surface area contributed by atoms with Gasteiger partial charge in [0.2, 0.25) is 5.91 Å². The third-order valence-corrected chi connectivity index (χ3v) is 4.34. The Morgan fingerprint density at radius 3 is 2.81 bits per heavy atom. The second kappa shape index (κ2) is 4.63. The second-order valence-corrected chi connectivity index (χ2v) is 5.53. The monoisotopic (exact) mass is 244 g/mol. The van der Waals surface area contributed by atoms with Crippen LogP contribution in [0.3, 0.4) is 0 Å². The molecule has 1 amide bonds. The number of carboxylic acids is 1. The van der Waals surface area contributed by atoms with Crippen molar-refractivity contribution in [1.29, 1.82) is 0 Å². The van der Waals surface area contributed by atoms with Crippen LogP contribution in [0.4, 0.5) is 0 Å². The normalized spacial score (nSPS) is 34.3. The van der Waals surface area contributed by atoms with Crippen LogP contribution in [0.15, 0.2) is 0 Å². The quantitative estimate of drug-likeness (QED) is 0.721. The average Bonchev–Trinajstić information content (AvgIpc) is 2.84. The van der Waals surface area contributed by atoms with Gasteiger partial charge in [0, 0.05) is 5.75 Å². The number of rotatable bonds is 2. The van der Waals surface area contributed by atoms with Gasteiger partial charge in [0.05, 0.1) is 11.4 Å². The number of nitrogens with zero attached hydrogens (tertiary/aromatic N) is 1. The summed E-state index contributed by atoms with van der Waals surface area (Å²) in [6, 6.07) is -0.835. The van der Waals surface area contributed by atoms with Crippen molar-refractivity contribution in [3.8, 4) is 0 Å². The van der Waals surface area contributed by atoms with E-state index in [4.69, 9.17) is 5.11 Å². The fourth-order valence-corrected chi connectivity index (χ4v) is 3.42. The van der Waals surface area contributed by atoms with Crippen LogP contribution in [-0.2, 0) is 9.59 Å². The van der Waals surface area contributed by atoms with Crippen LogP contribution in [0.25, 0.3) is 0 Å². The summed E-state index contributed by atoms with van der Waals surface area (Å²) in [5, 5.41) is 12.2. The van der Waals surface area contributed by atoms with Crippen LogP contribution in [0.5, 0.6) is 0 Å². The Kier molecular flexibility index (Phi) is 3.39. The highest BCUT2D eigenvalue weighted by molar-refractivity contribution is 8.00. The van der Waals surface area contributed by atoms with Crippen molar-refractivity contribution in [2.24, 2.45) is 0 Å². The smallest absolute Gasteiger partial charge is 0.327 e. The summed E-state index contributed by atoms with van der Waals surface area (Å²) in [5.74, 6) is -0.458. The molecule has 5 nitrogen and oxygen atoms in total. The Balaban J connectivity index is 2.10. The highest BCUT2D eigenvalue weighted by Crippen LogP contribution is 2.30. The van der Waals surface area contributed by atoms with Crippen molar-refractivity contribution in [2.75, 3.05) is 12.3 Å². The van der Waals surface area contributed by atoms with Gasteiger partial charge in [-0.15, -0.1) is 11.8 Å². The summed E-state index contributed by atoms with van der Waals surface area (Å²) in [6.45, 7) is 2.74. The Bertz CT molecular complexity index is 304. The molecule has 2 N–H and O–H groups in total. The topological polar surface area (TPSA) is 69.6 Å². The lowest BCUT2D eigenvalue weighted by molar-refractivity contribution is -0.149. The molecule has 3 atom stereocenters. The van der Waals surface area contributed by atoms with E-state index in [1.807, 2.05) is 6.92 Å². The third kappa shape index (κ3) is 2.04. The Labute approximate surface area is 98.6 Å². The molecule has 2 fully saturated rings. The van der Waals surface area contributed by atoms with E-state index in [1.54, 1.807) is 0 Å². The van der Waals surface area contributed by atoms with E-state index in [0.717, 1.165) is 19.4 Å². The van der Waals surface area contributed by atoms with E-state index in [9.17, 15) is 9.59 Å². The standard InChI is InChI=1S/C10H16N2O3S/c1-6-12(8(5-16-6)10(14)15)9(13)7-3-2-4-11-7/h6-8,11H,2-5H2,1H3,(H,14,15). The highest BCUT2D eigenvalue weighted by Gasteiger charge is 2.42. The molecule has 0 aromatic heterocycles. The van der Waals surface area contributed by atoms with Gasteiger partial charge in [0.25, 0.3) is 0 Å². The van der Waals surface area contributed by atoms with Crippen molar-refractivity contribution >= 4 is 23.6 Å². The van der Waals surface area contributed by atoms with Crippen LogP contribution in [-0.4, -0.2) is 51.6 Å². The van der Waals surface area contributed by atoms with Crippen LogP contribution in [0.2, 0.25) is 0 Å². The van der Waals surface area contributed by atoms with E-state index < -0.39 is 12.0 Å². The number of hydrogen-bond donors (Lipinski definition) is 2. The molecule has 0 spiro atoms. The van der Waals surface area contributed by atoms with Crippen molar-refractivity contribution < 1.29 is 14.7 Å². The first-order chi connectivity index (χ1) is 7.61. The van der Waals surface area contributed by atoms with E-state index in [2.05, 4.69) is 5.32 Å². The number of nitrogens with one attached hydrogen (secondary N) is 1. The van der Waals surface area contributed by atoms with Gasteiger partial charge in [-0.1, -0.05) is 0 Å². The van der Waals surface area contributed by atoms with Gasteiger partial charge in [0.15, 0.2) is 0 Å². The Hall–Kier alpha value is -0.750. The lowest BCUT2D eigenvalue weighted by atomic mass is 10.1. The van der Waals surface area contributed by atoms with E-state index in [0.29, 0.717) is 5.75 Å². The van der Waals surface area contributed by atoms with Gasteiger partial charge in [0.1, 0.15) is 6.04 Å². The molecule has 2 rings (SSSR count). The largest absolute Gasteiger partial charge is 0.480 e. The number of carbonyl (C=O) groups excluding carboxylic acids is 1. The van der Waals surface area contributed by atoms with Crippen molar-refractivity contribution in [2.45, 2.75) is 37.2 Å². The van der Waals surface area contributed by atoms with Crippen LogP contribution in [0.1, 0.15) is 19.8 Å². The van der Waals surface area contributed by atoms with Gasteiger partial charge in [-0.05, 0) is 26.3 Å². The second-order valence-electron chi connectivity index (χ2n) is 4.18. The van der Waals surface area contributed by atoms with E-state index in [-0.39, 0.29) is 17.3 Å². The number of thioether (sulfide) groups is 1. The Morgan fingerprint density at radius 2 is 2.25 bits per heavy atom. The number of carboxylic acid groups (broad SMARTS) is 1. The summed E-state index contributed by atoms with van der Waals surface area (Å²) < 4.78 is 0. The number of amides is 1. The molecule has 90 valence electrons. The van der Waals surface area contributed by atoms with Crippen LogP contribution >= 0.6 is 11.8 Å². The van der Waals surface area contributed by atoms with Crippen LogP contribution < -0.4 is 5.32 Å². The minimum absolute atomic E-state index is 0.0315. The fourth-order valence-electron chi connectivity index (χ4n) is 2.24. The summed E-state index contributed by atoms with van der Waals surface area (Å²) >= 11 is 1.53. The maximum absolute atomic E-state index is 12.2. The molecule has 0 radical (unpaired) electrons. The molecule has 0 aromatic rings. The zero-order chi connectivity index (χ0) is 11.7. The molecular formula is C10H16N2O3S. The van der Waals surface area contributed by atoms with Crippen molar-refractivity contribution in [3.63, 3.8) is 0 Å². The first kappa shape index (κ1) is 11.7. The summed E-state index contributed by atoms with van der Waals surface area (Å²) in [5.41, 5.74) is 0. The van der Waals surface area contributed by atoms with E-state index in [1.165, 1.54) is 16.7 Å². The highest BCUT2D eigenvalue weighted by atomic mass is 32.2. The number of aliphatic carboxylic acids is 1. The van der Waals surface area contributed by atoms with Crippen molar-refractivity contribution in [1.82, 2.24) is 10.2 Å². The third-order valence-electron chi connectivity index (χ3n) is 3.12. The van der Waals surface area contributed by atoms with Gasteiger partial charge in [-0.2, -0.15) is 0 Å². The molecule has 16 heavy (non-hydrogen) atoms. The predicted molar refractivity (Wildman–Crippen MR) is 61.2 cm³/mol. The summed E-state index contributed by atoms with van der Waals surface area (Å²) in [4.78, 5) is 24.7. The van der Waals surface area contributed by atoms with Gasteiger partial charge in [-0.3, -0.25) is 4.79 Å². The molecule has 3 unspecified atom stereocenters. The summed E-state index contributed by atoms with van der Waals surface area (Å²) in [6.07, 6.45) is 1.81. The molecular weight excluding hydrogens is 228 g/mol. The Morgan fingerprint density at radius 1 is 1.50 bits per heavy atom. The molecule has 0 aromatic carbocycles. The minimum Gasteiger partial charge on any atom is -0.480 e. The maximum Gasteiger partial charge on any atom is 0.327 e. The molecule has 0 bridgehead atoms. The zero-order valence-corrected chi connectivity index (χ0v) is 10.00. The lowest BCUT2D eigenvalue weighted by Crippen LogP contribution is -2.51. The maximum atomic E-state index is 12.2. The lowest BCUT2D eigenvalue weighted by Gasteiger charge is -2.27. The van der Waals surface area contributed by atoms with E-state index >= 15 is 0 Å². The molecule has 2 aliphatic rings. The SMILES string of the molecule is CC1SCC(C(=O)O)N1C(=O)C1CCCN1. The van der Waals surface area contributed by atoms with Gasteiger partial charge in [-0.25, -0.2) is 4.79 Å². The average molecular weight is 244 g/mol. The summed E-state index contributed by atoms with van der Waals surface area (Å²) in [7, 11) is 0.